The van der Waals surface area contributed by atoms with Crippen molar-refractivity contribution in [2.75, 3.05) is 31.6 Å². The molecule has 0 heterocycles. The van der Waals surface area contributed by atoms with E-state index in [1.165, 1.54) is 12.1 Å². The van der Waals surface area contributed by atoms with E-state index in [4.69, 9.17) is 0 Å². The van der Waals surface area contributed by atoms with Gasteiger partial charge in [-0.3, -0.25) is 0 Å². The van der Waals surface area contributed by atoms with Crippen LogP contribution < -0.4 is 0 Å². The molecule has 0 saturated heterocycles. The summed E-state index contributed by atoms with van der Waals surface area (Å²) in [5.74, 6) is -1.82. The maximum absolute atomic E-state index is 14.5. The van der Waals surface area contributed by atoms with Gasteiger partial charge >= 0.3 is 0 Å². The predicted molar refractivity (Wildman–Crippen MR) is 166 cm³/mol. The number of aromatic hydroxyl groups is 1. The Labute approximate surface area is 248 Å². The molecule has 2 nitrogen and oxygen atoms in total. The standard InChI is InChI=1S/C34H47F4NOS/c1-25-22-27(15-16-31(25)35)28-14-10-12-26-23-33(40)32(36)24-30(26)29(28)13-6-4-5-7-18-39(3)19-8-9-20-41-21-11-17-34(2,37)38/h15-16,22-24,40H,4-14,17-21H2,1-3H3. The molecule has 3 rings (SSSR count). The maximum Gasteiger partial charge on any atom is 0.245 e. The molecule has 41 heavy (non-hydrogen) atoms. The number of unbranched alkanes of at least 4 members (excludes halogenated alkanes) is 4. The largest absolute Gasteiger partial charge is 0.505 e. The lowest BCUT2D eigenvalue weighted by molar-refractivity contribution is 0.0126. The zero-order valence-corrected chi connectivity index (χ0v) is 25.8. The predicted octanol–water partition coefficient (Wildman–Crippen LogP) is 10.1. The number of phenolic OH excluding ortho intramolecular Hbond substituents is 1. The maximum atomic E-state index is 14.5. The molecule has 1 aliphatic rings. The van der Waals surface area contributed by atoms with Crippen LogP contribution in [0, 0.1) is 18.6 Å². The average molecular weight is 594 g/mol. The quantitative estimate of drug-likeness (QED) is 0.146. The van der Waals surface area contributed by atoms with Crippen molar-refractivity contribution in [1.29, 1.82) is 0 Å². The second-order valence-corrected chi connectivity index (χ2v) is 12.9. The van der Waals surface area contributed by atoms with Gasteiger partial charge in [0.1, 0.15) is 5.82 Å². The zero-order chi connectivity index (χ0) is 29.8. The summed E-state index contributed by atoms with van der Waals surface area (Å²) in [5.41, 5.74) is 5.77. The van der Waals surface area contributed by atoms with Gasteiger partial charge in [-0.05, 0) is 161 Å². The van der Waals surface area contributed by atoms with E-state index in [0.717, 1.165) is 124 Å². The molecule has 0 aromatic heterocycles. The third-order valence-corrected chi connectivity index (χ3v) is 9.10. The Morgan fingerprint density at radius 3 is 2.32 bits per heavy atom. The fourth-order valence-corrected chi connectivity index (χ4v) is 6.58. The van der Waals surface area contributed by atoms with E-state index in [-0.39, 0.29) is 18.0 Å². The lowest BCUT2D eigenvalue weighted by atomic mass is 9.88. The van der Waals surface area contributed by atoms with Crippen LogP contribution in [0.5, 0.6) is 5.75 Å². The first-order valence-electron chi connectivity index (χ1n) is 15.2. The molecule has 7 heteroatoms. The molecule has 1 N–H and O–H groups in total. The van der Waals surface area contributed by atoms with Gasteiger partial charge in [-0.25, -0.2) is 17.6 Å². The number of nitrogens with zero attached hydrogens (tertiary/aromatic N) is 1. The van der Waals surface area contributed by atoms with Crippen molar-refractivity contribution in [2.45, 2.75) is 96.8 Å². The molecule has 2 aromatic carbocycles. The Hall–Kier alpha value is -1.99. The molecule has 0 unspecified atom stereocenters. The molecular formula is C34H47F4NOS. The molecule has 0 saturated carbocycles. The van der Waals surface area contributed by atoms with Gasteiger partial charge in [0.2, 0.25) is 5.92 Å². The van der Waals surface area contributed by atoms with Crippen LogP contribution in [-0.2, 0) is 6.42 Å². The van der Waals surface area contributed by atoms with Crippen LogP contribution in [0.4, 0.5) is 17.6 Å². The molecule has 0 radical (unpaired) electrons. The number of phenols is 1. The molecule has 0 amide bonds. The lowest BCUT2D eigenvalue weighted by Crippen LogP contribution is -2.21. The van der Waals surface area contributed by atoms with Gasteiger partial charge in [0, 0.05) is 6.42 Å². The van der Waals surface area contributed by atoms with Crippen molar-refractivity contribution < 1.29 is 22.7 Å². The van der Waals surface area contributed by atoms with Gasteiger partial charge in [0.15, 0.2) is 11.6 Å². The normalized spacial score (nSPS) is 14.0. The van der Waals surface area contributed by atoms with Gasteiger partial charge in [-0.1, -0.05) is 18.9 Å². The number of halogens is 4. The van der Waals surface area contributed by atoms with Crippen LogP contribution in [0.15, 0.2) is 30.3 Å². The minimum atomic E-state index is -2.54. The van der Waals surface area contributed by atoms with E-state index in [1.807, 2.05) is 12.1 Å². The molecule has 0 fully saturated rings. The first-order chi connectivity index (χ1) is 19.5. The number of hydrogen-bond acceptors (Lipinski definition) is 3. The number of benzene rings is 2. The highest BCUT2D eigenvalue weighted by Gasteiger charge is 2.21. The van der Waals surface area contributed by atoms with E-state index in [9.17, 15) is 22.7 Å². The first kappa shape index (κ1) is 33.5. The van der Waals surface area contributed by atoms with Gasteiger partial charge < -0.3 is 10.0 Å². The number of allylic oxidation sites excluding steroid dienone is 2. The van der Waals surface area contributed by atoms with E-state index in [0.29, 0.717) is 12.0 Å². The molecule has 228 valence electrons. The minimum Gasteiger partial charge on any atom is -0.505 e. The molecule has 0 bridgehead atoms. The Kier molecular flexibility index (Phi) is 13.6. The summed E-state index contributed by atoms with van der Waals surface area (Å²) in [6.07, 6.45) is 10.5. The van der Waals surface area contributed by atoms with Crippen molar-refractivity contribution in [3.8, 4) is 5.75 Å². The Balaban J connectivity index is 1.46. The summed E-state index contributed by atoms with van der Waals surface area (Å²) < 4.78 is 54.2. The van der Waals surface area contributed by atoms with Gasteiger partial charge in [-0.2, -0.15) is 11.8 Å². The summed E-state index contributed by atoms with van der Waals surface area (Å²) in [4.78, 5) is 2.37. The van der Waals surface area contributed by atoms with Crippen LogP contribution in [0.25, 0.3) is 11.1 Å². The third kappa shape index (κ3) is 11.3. The molecule has 0 aliphatic heterocycles. The number of thioether (sulfide) groups is 1. The Bertz CT molecular complexity index is 1140. The van der Waals surface area contributed by atoms with Crippen LogP contribution in [0.1, 0.15) is 99.8 Å². The van der Waals surface area contributed by atoms with Crippen molar-refractivity contribution in [3.05, 3.63) is 64.2 Å². The highest BCUT2D eigenvalue weighted by atomic mass is 32.2. The second-order valence-electron chi connectivity index (χ2n) is 11.7. The molecule has 0 atom stereocenters. The molecular weight excluding hydrogens is 546 g/mol. The summed E-state index contributed by atoms with van der Waals surface area (Å²) in [5, 5.41) is 10.00. The third-order valence-electron chi connectivity index (χ3n) is 7.94. The summed E-state index contributed by atoms with van der Waals surface area (Å²) in [6.45, 7) is 4.87. The SMILES string of the molecule is Cc1cc(C2=C(CCCCCCN(C)CCCCSCCCC(C)(F)F)c3cc(F)c(O)cc3CCC2)ccc1F. The number of aryl methyl sites for hydroxylation is 2. The fourth-order valence-electron chi connectivity index (χ4n) is 5.62. The Morgan fingerprint density at radius 1 is 0.878 bits per heavy atom. The van der Waals surface area contributed by atoms with Crippen LogP contribution in [-0.4, -0.2) is 47.6 Å². The van der Waals surface area contributed by atoms with E-state index < -0.39 is 11.7 Å². The minimum absolute atomic E-state index is 0.0220. The lowest BCUT2D eigenvalue weighted by Gasteiger charge is -2.18. The van der Waals surface area contributed by atoms with Crippen molar-refractivity contribution in [2.24, 2.45) is 0 Å². The monoisotopic (exact) mass is 593 g/mol. The fraction of sp³-hybridized carbons (Fsp3) is 0.588. The van der Waals surface area contributed by atoms with E-state index in [2.05, 4.69) is 11.9 Å². The molecule has 2 aromatic rings. The first-order valence-corrected chi connectivity index (χ1v) is 16.3. The van der Waals surface area contributed by atoms with Crippen LogP contribution in [0.3, 0.4) is 0 Å². The smallest absolute Gasteiger partial charge is 0.245 e. The van der Waals surface area contributed by atoms with Crippen molar-refractivity contribution >= 4 is 22.9 Å². The van der Waals surface area contributed by atoms with Crippen LogP contribution in [0.2, 0.25) is 0 Å². The number of fused-ring (bicyclic) bond motifs is 1. The number of hydrogen-bond donors (Lipinski definition) is 1. The number of alkyl halides is 2. The molecule has 0 spiro atoms. The summed E-state index contributed by atoms with van der Waals surface area (Å²) >= 11 is 1.78. The summed E-state index contributed by atoms with van der Waals surface area (Å²) in [6, 6.07) is 8.31. The van der Waals surface area contributed by atoms with E-state index in [1.54, 1.807) is 24.8 Å². The van der Waals surface area contributed by atoms with Gasteiger partial charge in [0.25, 0.3) is 0 Å². The highest BCUT2D eigenvalue weighted by molar-refractivity contribution is 7.99. The number of rotatable bonds is 17. The average Bonchev–Trinajstić information content (AvgIpc) is 3.08. The van der Waals surface area contributed by atoms with Crippen LogP contribution >= 0.6 is 11.8 Å². The van der Waals surface area contributed by atoms with Crippen molar-refractivity contribution in [1.82, 2.24) is 4.90 Å². The molecule has 1 aliphatic carbocycles. The van der Waals surface area contributed by atoms with Crippen molar-refractivity contribution in [3.63, 3.8) is 0 Å². The topological polar surface area (TPSA) is 23.5 Å². The summed E-state index contributed by atoms with van der Waals surface area (Å²) in [7, 11) is 2.16. The zero-order valence-electron chi connectivity index (χ0n) is 25.0. The Morgan fingerprint density at radius 2 is 1.59 bits per heavy atom. The van der Waals surface area contributed by atoms with E-state index >= 15 is 0 Å². The highest BCUT2D eigenvalue weighted by Crippen LogP contribution is 2.40. The van der Waals surface area contributed by atoms with Gasteiger partial charge in [0.05, 0.1) is 0 Å². The van der Waals surface area contributed by atoms with Gasteiger partial charge in [-0.15, -0.1) is 0 Å². The second kappa shape index (κ2) is 16.6.